The average Bonchev–Trinajstić information content (AvgIpc) is 3.13. The summed E-state index contributed by atoms with van der Waals surface area (Å²) in [7, 11) is 2.21. The second-order valence-electron chi connectivity index (χ2n) is 7.35. The van der Waals surface area contributed by atoms with Crippen molar-refractivity contribution in [2.75, 3.05) is 0 Å². The van der Waals surface area contributed by atoms with Crippen LogP contribution in [-0.4, -0.2) is 10.4 Å². The molecule has 0 spiro atoms. The first-order valence-corrected chi connectivity index (χ1v) is 7.87. The van der Waals surface area contributed by atoms with Crippen molar-refractivity contribution in [2.24, 2.45) is 30.7 Å². The van der Waals surface area contributed by atoms with Crippen molar-refractivity contribution < 1.29 is 4.79 Å². The number of Topliss-reactive ketones (excluding diaryl/α,β-unsaturated/α-hetero) is 1. The minimum Gasteiger partial charge on any atom is -0.347 e. The van der Waals surface area contributed by atoms with E-state index < -0.39 is 0 Å². The van der Waals surface area contributed by atoms with E-state index in [4.69, 9.17) is 0 Å². The minimum atomic E-state index is 0.366. The average molecular weight is 263 g/mol. The van der Waals surface area contributed by atoms with E-state index in [0.717, 1.165) is 12.3 Å². The van der Waals surface area contributed by atoms with Crippen LogP contribution in [0.5, 0.6) is 0 Å². The number of aryl methyl sites for hydroxylation is 1. The number of hydrogen-bond donors (Lipinski definition) is 0. The normalized spacial score (nSPS) is 43.0. The van der Waals surface area contributed by atoms with Gasteiger partial charge in [0.05, 0.1) is 0 Å². The van der Waals surface area contributed by atoms with E-state index in [1.165, 1.54) is 23.0 Å². The predicted octanol–water partition coefficient (Wildman–Crippen LogP) is 3.21. The third kappa shape index (κ3) is 0.811. The van der Waals surface area contributed by atoms with Gasteiger partial charge in [0, 0.05) is 41.9 Å². The Morgan fingerprint density at radius 2 is 1.90 bits per heavy atom. The number of carbonyl (C=O) groups is 1. The highest BCUT2D eigenvalue weighted by Gasteiger charge is 2.69. The van der Waals surface area contributed by atoms with Crippen LogP contribution in [0.25, 0.3) is 10.9 Å². The molecule has 0 N–H and O–H groups in total. The molecular formula is C18H17NO. The number of benzene rings is 1. The fourth-order valence-electron chi connectivity index (χ4n) is 6.62. The fraction of sp³-hybridized carbons (Fsp3) is 0.500. The number of fused-ring (bicyclic) bond motifs is 7. The maximum atomic E-state index is 12.4. The van der Waals surface area contributed by atoms with Crippen LogP contribution >= 0.6 is 0 Å². The predicted molar refractivity (Wildman–Crippen MR) is 76.6 cm³/mol. The van der Waals surface area contributed by atoms with Crippen molar-refractivity contribution in [2.45, 2.75) is 24.7 Å². The third-order valence-corrected chi connectivity index (χ3v) is 6.98. The van der Waals surface area contributed by atoms with Gasteiger partial charge in [-0.15, -0.1) is 0 Å². The second kappa shape index (κ2) is 2.88. The summed E-state index contributed by atoms with van der Waals surface area (Å²) in [6.45, 7) is 0. The van der Waals surface area contributed by atoms with Crippen LogP contribution in [0.3, 0.4) is 0 Å². The zero-order valence-corrected chi connectivity index (χ0v) is 11.5. The van der Waals surface area contributed by atoms with Crippen LogP contribution in [0.15, 0.2) is 24.3 Å². The first-order chi connectivity index (χ1) is 9.77. The molecule has 0 saturated heterocycles. The Kier molecular flexibility index (Phi) is 1.47. The Labute approximate surface area is 117 Å². The van der Waals surface area contributed by atoms with Gasteiger partial charge in [0.1, 0.15) is 5.78 Å². The van der Waals surface area contributed by atoms with Crippen molar-refractivity contribution in [1.29, 1.82) is 0 Å². The van der Waals surface area contributed by atoms with Crippen molar-refractivity contribution in [3.63, 3.8) is 0 Å². The molecule has 0 radical (unpaired) electrons. The Morgan fingerprint density at radius 3 is 2.80 bits per heavy atom. The van der Waals surface area contributed by atoms with Gasteiger partial charge < -0.3 is 4.57 Å². The van der Waals surface area contributed by atoms with Crippen molar-refractivity contribution in [1.82, 2.24) is 4.57 Å². The molecule has 3 saturated carbocycles. The quantitative estimate of drug-likeness (QED) is 0.715. The minimum absolute atomic E-state index is 0.366. The lowest BCUT2D eigenvalue weighted by atomic mass is 9.77. The van der Waals surface area contributed by atoms with Gasteiger partial charge in [0.25, 0.3) is 0 Å². The first kappa shape index (κ1) is 10.2. The molecule has 6 unspecified atom stereocenters. The SMILES string of the molecule is Cn1c2c(c3ccccc31)C1C3CC(=O)C4C3CC1C24. The molecule has 6 rings (SSSR count). The van der Waals surface area contributed by atoms with Crippen LogP contribution in [0.2, 0.25) is 0 Å². The lowest BCUT2D eigenvalue weighted by Gasteiger charge is -2.26. The fourth-order valence-corrected chi connectivity index (χ4v) is 6.62. The molecule has 1 aromatic carbocycles. The van der Waals surface area contributed by atoms with Gasteiger partial charge >= 0.3 is 0 Å². The van der Waals surface area contributed by atoms with E-state index in [2.05, 4.69) is 35.9 Å². The molecular weight excluding hydrogens is 246 g/mol. The Morgan fingerprint density at radius 1 is 1.05 bits per heavy atom. The lowest BCUT2D eigenvalue weighted by molar-refractivity contribution is -0.121. The zero-order chi connectivity index (χ0) is 13.2. The zero-order valence-electron chi connectivity index (χ0n) is 11.5. The molecule has 4 aliphatic carbocycles. The maximum absolute atomic E-state index is 12.4. The number of hydrogen-bond acceptors (Lipinski definition) is 1. The Bertz CT molecular complexity index is 801. The molecule has 2 bridgehead atoms. The summed E-state index contributed by atoms with van der Waals surface area (Å²) in [5.74, 6) is 4.34. The monoisotopic (exact) mass is 263 g/mol. The van der Waals surface area contributed by atoms with Gasteiger partial charge in [-0.3, -0.25) is 4.79 Å². The van der Waals surface area contributed by atoms with E-state index >= 15 is 0 Å². The number of para-hydroxylation sites is 1. The molecule has 3 fully saturated rings. The number of rotatable bonds is 0. The molecule has 2 heteroatoms. The third-order valence-electron chi connectivity index (χ3n) is 6.98. The highest BCUT2D eigenvalue weighted by atomic mass is 16.1. The molecule has 0 amide bonds. The maximum Gasteiger partial charge on any atom is 0.137 e. The molecule has 20 heavy (non-hydrogen) atoms. The Hall–Kier alpha value is -1.57. The summed E-state index contributed by atoms with van der Waals surface area (Å²) >= 11 is 0. The summed E-state index contributed by atoms with van der Waals surface area (Å²) in [6, 6.07) is 8.82. The summed E-state index contributed by atoms with van der Waals surface area (Å²) in [5.41, 5.74) is 4.50. The first-order valence-electron chi connectivity index (χ1n) is 7.87. The largest absolute Gasteiger partial charge is 0.347 e. The standard InChI is InChI=1S/C18H17NO/c1-19-12-5-3-2-4-8(12)16-14-10-7-13(20)15-9(10)6-11(14)17(15)18(16)19/h2-5,9-11,14-15,17H,6-7H2,1H3. The van der Waals surface area contributed by atoms with Crippen molar-refractivity contribution in [3.8, 4) is 0 Å². The van der Waals surface area contributed by atoms with Gasteiger partial charge in [0.15, 0.2) is 0 Å². The van der Waals surface area contributed by atoms with Gasteiger partial charge in [-0.2, -0.15) is 0 Å². The molecule has 0 aliphatic heterocycles. The topological polar surface area (TPSA) is 22.0 Å². The number of carbonyl (C=O) groups excluding carboxylic acids is 1. The van der Waals surface area contributed by atoms with E-state index in [0.29, 0.717) is 35.4 Å². The molecule has 6 atom stereocenters. The molecule has 4 aliphatic rings. The molecule has 2 aromatic rings. The molecule has 1 heterocycles. The second-order valence-corrected chi connectivity index (χ2v) is 7.35. The van der Waals surface area contributed by atoms with Gasteiger partial charge in [-0.25, -0.2) is 0 Å². The molecule has 2 nitrogen and oxygen atoms in total. The summed E-state index contributed by atoms with van der Waals surface area (Å²) in [5, 5.41) is 1.46. The van der Waals surface area contributed by atoms with Crippen LogP contribution < -0.4 is 0 Å². The molecule has 1 aromatic heterocycles. The van der Waals surface area contributed by atoms with Crippen LogP contribution in [0, 0.1) is 23.7 Å². The van der Waals surface area contributed by atoms with Gasteiger partial charge in [-0.1, -0.05) is 18.2 Å². The smallest absolute Gasteiger partial charge is 0.137 e. The van der Waals surface area contributed by atoms with Crippen LogP contribution in [0.4, 0.5) is 0 Å². The van der Waals surface area contributed by atoms with E-state index in [1.54, 1.807) is 5.56 Å². The van der Waals surface area contributed by atoms with Gasteiger partial charge in [-0.05, 0) is 41.7 Å². The highest BCUT2D eigenvalue weighted by molar-refractivity contribution is 5.92. The summed E-state index contributed by atoms with van der Waals surface area (Å²) < 4.78 is 2.40. The highest BCUT2D eigenvalue weighted by Crippen LogP contribution is 2.74. The number of nitrogens with zero attached hydrogens (tertiary/aromatic N) is 1. The molecule has 100 valence electrons. The van der Waals surface area contributed by atoms with Crippen LogP contribution in [0.1, 0.15) is 35.9 Å². The van der Waals surface area contributed by atoms with Crippen LogP contribution in [-0.2, 0) is 11.8 Å². The Balaban J connectivity index is 1.76. The van der Waals surface area contributed by atoms with Crippen molar-refractivity contribution in [3.05, 3.63) is 35.5 Å². The summed E-state index contributed by atoms with van der Waals surface area (Å²) in [4.78, 5) is 12.4. The number of aromatic nitrogens is 1. The lowest BCUT2D eigenvalue weighted by Crippen LogP contribution is -2.22. The summed E-state index contributed by atoms with van der Waals surface area (Å²) in [6.07, 6.45) is 2.19. The van der Waals surface area contributed by atoms with E-state index in [1.807, 2.05) is 0 Å². The van der Waals surface area contributed by atoms with E-state index in [9.17, 15) is 4.79 Å². The van der Waals surface area contributed by atoms with Crippen molar-refractivity contribution >= 4 is 16.7 Å². The van der Waals surface area contributed by atoms with E-state index in [-0.39, 0.29) is 0 Å². The number of ketones is 1. The van der Waals surface area contributed by atoms with Gasteiger partial charge in [0.2, 0.25) is 0 Å².